The molecule has 0 unspecified atom stereocenters. The average Bonchev–Trinajstić information content (AvgIpc) is 2.31. The fourth-order valence-corrected chi connectivity index (χ4v) is 0.703. The first-order valence-electron chi connectivity index (χ1n) is 3.06. The van der Waals surface area contributed by atoms with Crippen molar-refractivity contribution < 1.29 is 0 Å². The minimum atomic E-state index is 0.762. The Morgan fingerprint density at radius 2 is 2.40 bits per heavy atom. The van der Waals surface area contributed by atoms with Gasteiger partial charge in [-0.25, -0.2) is 0 Å². The van der Waals surface area contributed by atoms with Gasteiger partial charge in [0.25, 0.3) is 0 Å². The molecule has 0 bridgehead atoms. The summed E-state index contributed by atoms with van der Waals surface area (Å²) < 4.78 is 0. The highest BCUT2D eigenvalue weighted by Gasteiger charge is 1.90. The maximum absolute atomic E-state index is 5.56. The Hall–Kier alpha value is -1.44. The van der Waals surface area contributed by atoms with Gasteiger partial charge in [0.05, 0.1) is 11.4 Å². The molecular weight excluding hydrogens is 124 g/mol. The van der Waals surface area contributed by atoms with Crippen LogP contribution in [0.15, 0.2) is 31.0 Å². The Labute approximate surface area is 60.1 Å². The third-order valence-electron chi connectivity index (χ3n) is 1.21. The van der Waals surface area contributed by atoms with E-state index < -0.39 is 0 Å². The second-order valence-electron chi connectivity index (χ2n) is 1.94. The molecule has 1 aromatic rings. The molecular formula is C8H10N2. The lowest BCUT2D eigenvalue weighted by Crippen LogP contribution is -1.83. The van der Waals surface area contributed by atoms with Gasteiger partial charge in [-0.15, -0.1) is 0 Å². The lowest BCUT2D eigenvalue weighted by atomic mass is 10.3. The van der Waals surface area contributed by atoms with Crippen LogP contribution in [0.4, 0.5) is 5.69 Å². The summed E-state index contributed by atoms with van der Waals surface area (Å²) in [6, 6.07) is 1.82. The van der Waals surface area contributed by atoms with Crippen LogP contribution in [-0.4, -0.2) is 4.98 Å². The van der Waals surface area contributed by atoms with Crippen molar-refractivity contribution in [1.82, 2.24) is 4.98 Å². The van der Waals surface area contributed by atoms with E-state index in [0.717, 1.165) is 11.4 Å². The molecule has 0 aliphatic carbocycles. The van der Waals surface area contributed by atoms with Crippen molar-refractivity contribution in [1.29, 1.82) is 0 Å². The maximum Gasteiger partial charge on any atom is 0.0614 e. The quantitative estimate of drug-likeness (QED) is 0.595. The van der Waals surface area contributed by atoms with Crippen LogP contribution in [0, 0.1) is 0 Å². The lowest BCUT2D eigenvalue weighted by Gasteiger charge is -1.87. The molecule has 0 saturated heterocycles. The minimum absolute atomic E-state index is 0.762. The molecule has 3 N–H and O–H groups in total. The van der Waals surface area contributed by atoms with Gasteiger partial charge < -0.3 is 10.7 Å². The molecule has 1 rings (SSSR count). The summed E-state index contributed by atoms with van der Waals surface area (Å²) in [6.07, 6.45) is 7.23. The number of allylic oxidation sites excluding steroid dienone is 2. The van der Waals surface area contributed by atoms with Crippen molar-refractivity contribution in [2.45, 2.75) is 0 Å². The van der Waals surface area contributed by atoms with E-state index >= 15 is 0 Å². The van der Waals surface area contributed by atoms with Gasteiger partial charge in [0.15, 0.2) is 0 Å². The molecule has 0 saturated carbocycles. The number of rotatable bonds is 2. The van der Waals surface area contributed by atoms with Crippen LogP contribution in [-0.2, 0) is 0 Å². The van der Waals surface area contributed by atoms with Gasteiger partial charge in [-0.3, -0.25) is 0 Å². The van der Waals surface area contributed by atoms with E-state index in [0.29, 0.717) is 0 Å². The molecule has 2 nitrogen and oxygen atoms in total. The van der Waals surface area contributed by atoms with E-state index in [-0.39, 0.29) is 0 Å². The molecule has 0 amide bonds. The van der Waals surface area contributed by atoms with Crippen molar-refractivity contribution in [3.05, 3.63) is 36.7 Å². The number of aromatic nitrogens is 1. The molecule has 0 radical (unpaired) electrons. The van der Waals surface area contributed by atoms with Gasteiger partial charge in [-0.2, -0.15) is 0 Å². The van der Waals surface area contributed by atoms with Crippen molar-refractivity contribution in [3.63, 3.8) is 0 Å². The van der Waals surface area contributed by atoms with Gasteiger partial charge in [-0.05, 0) is 12.1 Å². The molecule has 0 spiro atoms. The first-order chi connectivity index (χ1) is 4.84. The van der Waals surface area contributed by atoms with Crippen LogP contribution in [0.1, 0.15) is 5.69 Å². The van der Waals surface area contributed by atoms with Crippen LogP contribution >= 0.6 is 0 Å². The Balaban J connectivity index is 2.83. The predicted molar refractivity (Wildman–Crippen MR) is 44.4 cm³/mol. The van der Waals surface area contributed by atoms with Gasteiger partial charge in [0, 0.05) is 6.20 Å². The second-order valence-corrected chi connectivity index (χ2v) is 1.94. The number of anilines is 1. The van der Waals surface area contributed by atoms with Crippen LogP contribution in [0.25, 0.3) is 6.08 Å². The Kier molecular flexibility index (Phi) is 1.95. The van der Waals surface area contributed by atoms with Crippen molar-refractivity contribution in [3.8, 4) is 0 Å². The molecule has 10 heavy (non-hydrogen) atoms. The Morgan fingerprint density at radius 1 is 1.60 bits per heavy atom. The van der Waals surface area contributed by atoms with Gasteiger partial charge in [-0.1, -0.05) is 18.7 Å². The molecule has 2 heteroatoms. The largest absolute Gasteiger partial charge is 0.397 e. The van der Waals surface area contributed by atoms with Gasteiger partial charge in [0.2, 0.25) is 0 Å². The molecule has 0 fully saturated rings. The van der Waals surface area contributed by atoms with E-state index in [1.54, 1.807) is 12.3 Å². The number of aromatic amines is 1. The predicted octanol–water partition coefficient (Wildman–Crippen LogP) is 1.80. The lowest BCUT2D eigenvalue weighted by molar-refractivity contribution is 1.38. The monoisotopic (exact) mass is 134 g/mol. The number of hydrogen-bond donors (Lipinski definition) is 2. The number of nitrogens with one attached hydrogen (secondary N) is 1. The molecule has 0 atom stereocenters. The first kappa shape index (κ1) is 6.68. The zero-order chi connectivity index (χ0) is 7.40. The number of hydrogen-bond acceptors (Lipinski definition) is 1. The normalized spacial score (nSPS) is 10.4. The Morgan fingerprint density at radius 3 is 2.90 bits per heavy atom. The first-order valence-corrected chi connectivity index (χ1v) is 3.06. The Bertz CT molecular complexity index is 246. The highest BCUT2D eigenvalue weighted by atomic mass is 14.7. The summed E-state index contributed by atoms with van der Waals surface area (Å²) in [5.74, 6) is 0. The van der Waals surface area contributed by atoms with Crippen LogP contribution in [0.2, 0.25) is 0 Å². The standard InChI is InChI=1S/C8H10N2/c1-2-3-4-8-7(9)5-6-10-8/h2-6,10H,1,9H2/b4-3-. The second kappa shape index (κ2) is 2.92. The zero-order valence-electron chi connectivity index (χ0n) is 5.67. The summed E-state index contributed by atoms with van der Waals surface area (Å²) in [7, 11) is 0. The fourth-order valence-electron chi connectivity index (χ4n) is 0.703. The van der Waals surface area contributed by atoms with Crippen LogP contribution in [0.5, 0.6) is 0 Å². The van der Waals surface area contributed by atoms with Gasteiger partial charge in [0.1, 0.15) is 0 Å². The minimum Gasteiger partial charge on any atom is -0.397 e. The third-order valence-corrected chi connectivity index (χ3v) is 1.21. The summed E-state index contributed by atoms with van der Waals surface area (Å²) >= 11 is 0. The number of H-pyrrole nitrogens is 1. The molecule has 1 heterocycles. The highest BCUT2D eigenvalue weighted by Crippen LogP contribution is 2.09. The molecule has 0 aromatic carbocycles. The van der Waals surface area contributed by atoms with E-state index in [1.807, 2.05) is 18.2 Å². The maximum atomic E-state index is 5.56. The topological polar surface area (TPSA) is 41.8 Å². The summed E-state index contributed by atoms with van der Waals surface area (Å²) in [4.78, 5) is 2.98. The number of nitrogens with two attached hydrogens (primary N) is 1. The highest BCUT2D eigenvalue weighted by molar-refractivity contribution is 5.61. The molecule has 0 aliphatic heterocycles. The van der Waals surface area contributed by atoms with Crippen molar-refractivity contribution >= 4 is 11.8 Å². The number of nitrogen functional groups attached to an aromatic ring is 1. The van der Waals surface area contributed by atoms with Crippen LogP contribution < -0.4 is 5.73 Å². The van der Waals surface area contributed by atoms with Gasteiger partial charge >= 0.3 is 0 Å². The SMILES string of the molecule is C=C/C=C\c1[nH]ccc1N. The fraction of sp³-hybridized carbons (Fsp3) is 0. The molecule has 52 valence electrons. The van der Waals surface area contributed by atoms with Crippen molar-refractivity contribution in [2.75, 3.05) is 5.73 Å². The van der Waals surface area contributed by atoms with Crippen LogP contribution in [0.3, 0.4) is 0 Å². The summed E-state index contributed by atoms with van der Waals surface area (Å²) in [6.45, 7) is 3.55. The van der Waals surface area contributed by atoms with E-state index in [2.05, 4.69) is 11.6 Å². The summed E-state index contributed by atoms with van der Waals surface area (Å²) in [5.41, 5.74) is 7.26. The zero-order valence-corrected chi connectivity index (χ0v) is 5.67. The average molecular weight is 134 g/mol. The van der Waals surface area contributed by atoms with E-state index in [1.165, 1.54) is 0 Å². The summed E-state index contributed by atoms with van der Waals surface area (Å²) in [5, 5.41) is 0. The molecule has 1 aromatic heterocycles. The third kappa shape index (κ3) is 1.29. The smallest absolute Gasteiger partial charge is 0.0614 e. The molecule has 0 aliphatic rings. The van der Waals surface area contributed by atoms with Crippen molar-refractivity contribution in [2.24, 2.45) is 0 Å². The van der Waals surface area contributed by atoms with E-state index in [9.17, 15) is 0 Å². The van der Waals surface area contributed by atoms with E-state index in [4.69, 9.17) is 5.73 Å².